The third-order valence-electron chi connectivity index (χ3n) is 5.16. The van der Waals surface area contributed by atoms with E-state index in [1.807, 2.05) is 43.3 Å². The molecule has 0 radical (unpaired) electrons. The Morgan fingerprint density at radius 3 is 2.47 bits per heavy atom. The third kappa shape index (κ3) is 6.29. The fraction of sp³-hybridized carbons (Fsp3) is 0.154. The summed E-state index contributed by atoms with van der Waals surface area (Å²) in [6.45, 7) is 2.74. The van der Waals surface area contributed by atoms with Gasteiger partial charge in [0.15, 0.2) is 11.5 Å². The molecule has 10 heteroatoms. The van der Waals surface area contributed by atoms with Gasteiger partial charge in [-0.3, -0.25) is 14.5 Å². The van der Waals surface area contributed by atoms with Crippen LogP contribution < -0.4 is 9.47 Å². The van der Waals surface area contributed by atoms with E-state index in [1.54, 1.807) is 24.3 Å². The van der Waals surface area contributed by atoms with Crippen LogP contribution in [0.2, 0.25) is 10.0 Å². The van der Waals surface area contributed by atoms with Gasteiger partial charge in [0, 0.05) is 4.47 Å². The van der Waals surface area contributed by atoms with Crippen LogP contribution >= 0.6 is 66.8 Å². The number of nitrogens with zero attached hydrogens (tertiary/aromatic N) is 1. The van der Waals surface area contributed by atoms with Gasteiger partial charge in [0.1, 0.15) is 6.61 Å². The molecule has 1 fully saturated rings. The molecule has 1 saturated heterocycles. The van der Waals surface area contributed by atoms with Crippen molar-refractivity contribution in [3.63, 3.8) is 0 Å². The number of rotatable bonds is 8. The molecule has 1 aliphatic heterocycles. The highest BCUT2D eigenvalue weighted by Gasteiger charge is 2.35. The van der Waals surface area contributed by atoms with E-state index in [1.165, 1.54) is 4.90 Å². The third-order valence-corrected chi connectivity index (χ3v) is 8.17. The summed E-state index contributed by atoms with van der Waals surface area (Å²) in [5.41, 5.74) is 2.39. The van der Waals surface area contributed by atoms with Crippen molar-refractivity contribution in [3.05, 3.63) is 95.2 Å². The molecule has 186 valence electrons. The van der Waals surface area contributed by atoms with Gasteiger partial charge >= 0.3 is 0 Å². The number of halogens is 4. The van der Waals surface area contributed by atoms with Gasteiger partial charge in [0.25, 0.3) is 11.1 Å². The highest BCUT2D eigenvalue weighted by molar-refractivity contribution is 9.10. The average Bonchev–Trinajstić information content (AvgIpc) is 3.09. The predicted molar refractivity (Wildman–Crippen MR) is 152 cm³/mol. The van der Waals surface area contributed by atoms with E-state index in [2.05, 4.69) is 31.9 Å². The van der Waals surface area contributed by atoms with E-state index in [0.717, 1.165) is 27.4 Å². The van der Waals surface area contributed by atoms with Gasteiger partial charge in [-0.2, -0.15) is 0 Å². The molecule has 4 rings (SSSR count). The lowest BCUT2D eigenvalue weighted by molar-refractivity contribution is -0.123. The topological polar surface area (TPSA) is 55.8 Å². The molecular weight excluding hydrogens is 653 g/mol. The first kappa shape index (κ1) is 27.1. The Bertz CT molecular complexity index is 1370. The fourth-order valence-electron chi connectivity index (χ4n) is 3.44. The van der Waals surface area contributed by atoms with Crippen molar-refractivity contribution in [3.8, 4) is 11.5 Å². The standard InChI is InChI=1S/C26H19Br2Cl2NO4S/c1-2-34-22-11-16(9-19(28)24(22)35-14-15-7-8-20(29)21(30)10-15)12-23-25(32)31(26(33)36-23)13-17-5-3-4-6-18(17)27/h3-12H,2,13-14H2,1H3/b23-12-. The smallest absolute Gasteiger partial charge is 0.293 e. The fourth-order valence-corrected chi connectivity index (χ4v) is 5.59. The van der Waals surface area contributed by atoms with E-state index in [4.69, 9.17) is 32.7 Å². The Labute approximate surface area is 240 Å². The van der Waals surface area contributed by atoms with Crippen LogP contribution in [0.5, 0.6) is 11.5 Å². The van der Waals surface area contributed by atoms with Gasteiger partial charge < -0.3 is 9.47 Å². The van der Waals surface area contributed by atoms with Gasteiger partial charge in [0.2, 0.25) is 0 Å². The normalized spacial score (nSPS) is 14.6. The predicted octanol–water partition coefficient (Wildman–Crippen LogP) is 8.73. The molecule has 0 bridgehead atoms. The maximum Gasteiger partial charge on any atom is 0.293 e. The van der Waals surface area contributed by atoms with Gasteiger partial charge in [-0.25, -0.2) is 0 Å². The number of carbonyl (C=O) groups excluding carboxylic acids is 2. The Balaban J connectivity index is 1.56. The molecule has 0 atom stereocenters. The Morgan fingerprint density at radius 2 is 1.75 bits per heavy atom. The summed E-state index contributed by atoms with van der Waals surface area (Å²) >= 11 is 20.0. The number of hydrogen-bond acceptors (Lipinski definition) is 5. The summed E-state index contributed by atoms with van der Waals surface area (Å²) in [7, 11) is 0. The molecule has 3 aromatic carbocycles. The minimum Gasteiger partial charge on any atom is -0.490 e. The van der Waals surface area contributed by atoms with Crippen LogP contribution in [-0.4, -0.2) is 22.7 Å². The lowest BCUT2D eigenvalue weighted by atomic mass is 10.1. The molecule has 3 aromatic rings. The molecule has 5 nitrogen and oxygen atoms in total. The van der Waals surface area contributed by atoms with E-state index in [9.17, 15) is 9.59 Å². The van der Waals surface area contributed by atoms with Gasteiger partial charge in [-0.15, -0.1) is 0 Å². The minimum absolute atomic E-state index is 0.193. The van der Waals surface area contributed by atoms with Gasteiger partial charge in [-0.05, 0) is 87.7 Å². The summed E-state index contributed by atoms with van der Waals surface area (Å²) in [4.78, 5) is 27.2. The number of benzene rings is 3. The van der Waals surface area contributed by atoms with Crippen LogP contribution in [-0.2, 0) is 17.9 Å². The highest BCUT2D eigenvalue weighted by atomic mass is 79.9. The van der Waals surface area contributed by atoms with Crippen LogP contribution in [0.4, 0.5) is 4.79 Å². The quantitative estimate of drug-likeness (QED) is 0.224. The minimum atomic E-state index is -0.338. The van der Waals surface area contributed by atoms with Crippen LogP contribution in [0, 0.1) is 0 Å². The molecule has 0 saturated carbocycles. The molecule has 36 heavy (non-hydrogen) atoms. The number of hydrogen-bond donors (Lipinski definition) is 0. The van der Waals surface area contributed by atoms with E-state index in [0.29, 0.717) is 43.1 Å². The lowest BCUT2D eigenvalue weighted by Crippen LogP contribution is -2.27. The number of imide groups is 1. The van der Waals surface area contributed by atoms with Crippen molar-refractivity contribution >= 4 is 84.0 Å². The lowest BCUT2D eigenvalue weighted by Gasteiger charge is -2.15. The number of thioether (sulfide) groups is 1. The Hall–Kier alpha value is -1.97. The molecule has 0 N–H and O–H groups in total. The zero-order chi connectivity index (χ0) is 25.8. The zero-order valence-electron chi connectivity index (χ0n) is 18.9. The van der Waals surface area contributed by atoms with Crippen molar-refractivity contribution in [2.75, 3.05) is 6.61 Å². The molecule has 0 aliphatic carbocycles. The maximum atomic E-state index is 13.0. The Morgan fingerprint density at radius 1 is 0.972 bits per heavy atom. The second-order valence-corrected chi connectivity index (χ2v) is 11.2. The molecule has 1 heterocycles. The zero-order valence-corrected chi connectivity index (χ0v) is 24.4. The number of amides is 2. The first-order valence-corrected chi connectivity index (χ1v) is 13.9. The summed E-state index contributed by atoms with van der Waals surface area (Å²) in [5.74, 6) is 0.683. The van der Waals surface area contributed by atoms with Gasteiger partial charge in [-0.1, -0.05) is 63.4 Å². The van der Waals surface area contributed by atoms with Crippen molar-refractivity contribution in [2.24, 2.45) is 0 Å². The van der Waals surface area contributed by atoms with Crippen LogP contribution in [0.3, 0.4) is 0 Å². The van der Waals surface area contributed by atoms with Crippen LogP contribution in [0.15, 0.2) is 68.4 Å². The number of carbonyl (C=O) groups is 2. The molecule has 0 unspecified atom stereocenters. The molecule has 0 aromatic heterocycles. The van der Waals surface area contributed by atoms with Crippen molar-refractivity contribution < 1.29 is 19.1 Å². The summed E-state index contributed by atoms with van der Waals surface area (Å²) in [6, 6.07) is 16.4. The first-order chi connectivity index (χ1) is 17.3. The maximum absolute atomic E-state index is 13.0. The molecule has 0 spiro atoms. The van der Waals surface area contributed by atoms with Gasteiger partial charge in [0.05, 0.1) is 32.6 Å². The van der Waals surface area contributed by atoms with Crippen LogP contribution in [0.25, 0.3) is 6.08 Å². The largest absolute Gasteiger partial charge is 0.490 e. The van der Waals surface area contributed by atoms with E-state index < -0.39 is 0 Å². The average molecular weight is 672 g/mol. The second-order valence-electron chi connectivity index (χ2n) is 7.66. The summed E-state index contributed by atoms with van der Waals surface area (Å²) < 4.78 is 13.3. The monoisotopic (exact) mass is 669 g/mol. The first-order valence-electron chi connectivity index (χ1n) is 10.8. The van der Waals surface area contributed by atoms with Crippen molar-refractivity contribution in [2.45, 2.75) is 20.1 Å². The van der Waals surface area contributed by atoms with Crippen molar-refractivity contribution in [1.82, 2.24) is 4.90 Å². The second kappa shape index (κ2) is 12.0. The van der Waals surface area contributed by atoms with E-state index in [-0.39, 0.29) is 24.3 Å². The van der Waals surface area contributed by atoms with E-state index >= 15 is 0 Å². The molecule has 2 amide bonds. The SMILES string of the molecule is CCOc1cc(/C=C2\SC(=O)N(Cc3ccccc3Br)C2=O)cc(Br)c1OCc1ccc(Cl)c(Cl)c1. The van der Waals surface area contributed by atoms with Crippen LogP contribution in [0.1, 0.15) is 23.6 Å². The molecular formula is C26H19Br2Cl2NO4S. The van der Waals surface area contributed by atoms with Crippen molar-refractivity contribution in [1.29, 1.82) is 0 Å². The summed E-state index contributed by atoms with van der Waals surface area (Å²) in [6.07, 6.45) is 1.68. The number of ether oxygens (including phenoxy) is 2. The molecule has 1 aliphatic rings. The highest BCUT2D eigenvalue weighted by Crippen LogP contribution is 2.40. The summed E-state index contributed by atoms with van der Waals surface area (Å²) in [5, 5.41) is 0.611. The Kier molecular flexibility index (Phi) is 9.06.